The fraction of sp³-hybridized carbons (Fsp3) is 0.174. The standard InChI is InChI=1S/C23H19BrClNO2/c1-23(16-5-7-17(24)8-6-16)21(15-3-9-18(25)10-4-15)26(22(23)27)19-11-13-20(28-2)14-12-19/h3-14,21H,1-2H3. The van der Waals surface area contributed by atoms with E-state index in [0.29, 0.717) is 5.02 Å². The Hall–Kier alpha value is -2.30. The van der Waals surface area contributed by atoms with Crippen molar-refractivity contribution in [1.29, 1.82) is 0 Å². The molecule has 3 aromatic carbocycles. The Morgan fingerprint density at radius 1 is 0.964 bits per heavy atom. The van der Waals surface area contributed by atoms with Crippen molar-refractivity contribution in [3.63, 3.8) is 0 Å². The molecule has 0 radical (unpaired) electrons. The van der Waals surface area contributed by atoms with Crippen LogP contribution in [0.15, 0.2) is 77.3 Å². The minimum absolute atomic E-state index is 0.0694. The van der Waals surface area contributed by atoms with Crippen molar-refractivity contribution in [3.8, 4) is 5.75 Å². The summed E-state index contributed by atoms with van der Waals surface area (Å²) in [6, 6.07) is 23.1. The van der Waals surface area contributed by atoms with Gasteiger partial charge >= 0.3 is 0 Å². The molecule has 0 aliphatic carbocycles. The summed E-state index contributed by atoms with van der Waals surface area (Å²) in [6.45, 7) is 2.01. The van der Waals surface area contributed by atoms with Crippen LogP contribution in [-0.2, 0) is 10.2 Å². The lowest BCUT2D eigenvalue weighted by Crippen LogP contribution is -2.65. The molecule has 142 valence electrons. The summed E-state index contributed by atoms with van der Waals surface area (Å²) >= 11 is 9.57. The van der Waals surface area contributed by atoms with E-state index < -0.39 is 5.41 Å². The Bertz CT molecular complexity index is 1000. The molecule has 1 fully saturated rings. The molecule has 0 saturated carbocycles. The van der Waals surface area contributed by atoms with Gasteiger partial charge in [0.05, 0.1) is 18.6 Å². The molecule has 1 aliphatic rings. The molecule has 5 heteroatoms. The lowest BCUT2D eigenvalue weighted by molar-refractivity contribution is -0.132. The fourth-order valence-corrected chi connectivity index (χ4v) is 4.28. The maximum absolute atomic E-state index is 13.4. The Kier molecular flexibility index (Phi) is 4.94. The second-order valence-electron chi connectivity index (χ2n) is 7.04. The van der Waals surface area contributed by atoms with Gasteiger partial charge in [-0.2, -0.15) is 0 Å². The van der Waals surface area contributed by atoms with Crippen LogP contribution in [0.25, 0.3) is 0 Å². The number of anilines is 1. The van der Waals surface area contributed by atoms with Crippen molar-refractivity contribution in [1.82, 2.24) is 0 Å². The number of hydrogen-bond donors (Lipinski definition) is 0. The largest absolute Gasteiger partial charge is 0.497 e. The third kappa shape index (κ3) is 3.01. The molecule has 3 aromatic rings. The van der Waals surface area contributed by atoms with Crippen LogP contribution < -0.4 is 9.64 Å². The van der Waals surface area contributed by atoms with Crippen molar-refractivity contribution >= 4 is 39.1 Å². The van der Waals surface area contributed by atoms with Crippen molar-refractivity contribution in [2.45, 2.75) is 18.4 Å². The van der Waals surface area contributed by atoms with E-state index in [4.69, 9.17) is 16.3 Å². The molecular formula is C23H19BrClNO2. The van der Waals surface area contributed by atoms with Gasteiger partial charge in [-0.3, -0.25) is 4.79 Å². The number of ether oxygens (including phenoxy) is 1. The zero-order valence-electron chi connectivity index (χ0n) is 15.5. The highest BCUT2D eigenvalue weighted by Gasteiger charge is 2.59. The summed E-state index contributed by atoms with van der Waals surface area (Å²) in [5.41, 5.74) is 2.23. The Morgan fingerprint density at radius 2 is 1.57 bits per heavy atom. The monoisotopic (exact) mass is 455 g/mol. The van der Waals surface area contributed by atoms with Gasteiger partial charge in [-0.1, -0.05) is 51.8 Å². The van der Waals surface area contributed by atoms with Crippen molar-refractivity contribution in [2.75, 3.05) is 12.0 Å². The molecule has 2 unspecified atom stereocenters. The van der Waals surface area contributed by atoms with E-state index >= 15 is 0 Å². The van der Waals surface area contributed by atoms with Crippen molar-refractivity contribution in [3.05, 3.63) is 93.4 Å². The van der Waals surface area contributed by atoms with E-state index in [1.165, 1.54) is 0 Å². The van der Waals surface area contributed by atoms with Gasteiger partial charge in [0.2, 0.25) is 5.91 Å². The first-order valence-electron chi connectivity index (χ1n) is 8.94. The average Bonchev–Trinajstić information content (AvgIpc) is 2.72. The molecule has 0 bridgehead atoms. The third-order valence-corrected chi connectivity index (χ3v) is 6.23. The minimum atomic E-state index is -0.658. The predicted molar refractivity (Wildman–Crippen MR) is 116 cm³/mol. The molecule has 1 saturated heterocycles. The van der Waals surface area contributed by atoms with E-state index in [-0.39, 0.29) is 11.9 Å². The summed E-state index contributed by atoms with van der Waals surface area (Å²) in [6.07, 6.45) is 0. The van der Waals surface area contributed by atoms with Crippen molar-refractivity contribution < 1.29 is 9.53 Å². The molecule has 1 aliphatic heterocycles. The van der Waals surface area contributed by atoms with Crippen LogP contribution in [0.4, 0.5) is 5.69 Å². The van der Waals surface area contributed by atoms with E-state index in [1.807, 2.05) is 84.6 Å². The summed E-state index contributed by atoms with van der Waals surface area (Å²) < 4.78 is 6.24. The molecular weight excluding hydrogens is 438 g/mol. The maximum Gasteiger partial charge on any atom is 0.240 e. The summed E-state index contributed by atoms with van der Waals surface area (Å²) in [5.74, 6) is 0.829. The van der Waals surface area contributed by atoms with Gasteiger partial charge < -0.3 is 9.64 Å². The Balaban J connectivity index is 1.81. The number of rotatable bonds is 4. The molecule has 28 heavy (non-hydrogen) atoms. The van der Waals surface area contributed by atoms with E-state index in [0.717, 1.165) is 27.0 Å². The van der Waals surface area contributed by atoms with Gasteiger partial charge in [-0.15, -0.1) is 0 Å². The second-order valence-corrected chi connectivity index (χ2v) is 8.39. The van der Waals surface area contributed by atoms with Gasteiger partial charge in [0, 0.05) is 15.2 Å². The number of halogens is 2. The SMILES string of the molecule is COc1ccc(N2C(=O)C(C)(c3ccc(Br)cc3)C2c2ccc(Cl)cc2)cc1. The quantitative estimate of drug-likeness (QED) is 0.440. The molecule has 1 heterocycles. The topological polar surface area (TPSA) is 29.5 Å². The minimum Gasteiger partial charge on any atom is -0.497 e. The number of amides is 1. The van der Waals surface area contributed by atoms with Crippen LogP contribution in [0.1, 0.15) is 24.1 Å². The van der Waals surface area contributed by atoms with Gasteiger partial charge in [-0.25, -0.2) is 0 Å². The van der Waals surface area contributed by atoms with E-state index in [9.17, 15) is 4.79 Å². The predicted octanol–water partition coefficient (Wildman–Crippen LogP) is 6.16. The zero-order chi connectivity index (χ0) is 19.9. The van der Waals surface area contributed by atoms with Gasteiger partial charge in [0.15, 0.2) is 0 Å². The number of carbonyl (C=O) groups excluding carboxylic acids is 1. The van der Waals surface area contributed by atoms with Gasteiger partial charge in [0.1, 0.15) is 5.75 Å². The van der Waals surface area contributed by atoms with Crippen LogP contribution in [0.2, 0.25) is 5.02 Å². The summed E-state index contributed by atoms with van der Waals surface area (Å²) in [5, 5.41) is 0.677. The molecule has 0 spiro atoms. The average molecular weight is 457 g/mol. The van der Waals surface area contributed by atoms with Gasteiger partial charge in [-0.05, 0) is 66.6 Å². The fourth-order valence-electron chi connectivity index (χ4n) is 3.89. The molecule has 2 atom stereocenters. The highest BCUT2D eigenvalue weighted by Crippen LogP contribution is 2.53. The summed E-state index contributed by atoms with van der Waals surface area (Å²) in [7, 11) is 1.63. The normalized spacial score (nSPS) is 21.4. The first kappa shape index (κ1) is 19.0. The van der Waals surface area contributed by atoms with Gasteiger partial charge in [0.25, 0.3) is 0 Å². The molecule has 4 rings (SSSR count). The third-order valence-electron chi connectivity index (χ3n) is 5.45. The number of carbonyl (C=O) groups is 1. The maximum atomic E-state index is 13.4. The smallest absolute Gasteiger partial charge is 0.240 e. The highest BCUT2D eigenvalue weighted by atomic mass is 79.9. The Morgan fingerprint density at radius 3 is 2.14 bits per heavy atom. The van der Waals surface area contributed by atoms with Crippen molar-refractivity contribution in [2.24, 2.45) is 0 Å². The first-order chi connectivity index (χ1) is 13.4. The highest BCUT2D eigenvalue weighted by molar-refractivity contribution is 9.10. The molecule has 3 nitrogen and oxygen atoms in total. The van der Waals surface area contributed by atoms with Crippen LogP contribution in [0, 0.1) is 0 Å². The Labute approximate surface area is 178 Å². The van der Waals surface area contributed by atoms with E-state index in [1.54, 1.807) is 7.11 Å². The number of hydrogen-bond acceptors (Lipinski definition) is 2. The van der Waals surface area contributed by atoms with Crippen LogP contribution >= 0.6 is 27.5 Å². The molecule has 0 N–H and O–H groups in total. The molecule has 0 aromatic heterocycles. The van der Waals surface area contributed by atoms with Crippen LogP contribution in [0.3, 0.4) is 0 Å². The first-order valence-corrected chi connectivity index (χ1v) is 10.1. The summed E-state index contributed by atoms with van der Waals surface area (Å²) in [4.78, 5) is 15.3. The lowest BCUT2D eigenvalue weighted by Gasteiger charge is -2.55. The number of nitrogens with zero attached hydrogens (tertiary/aromatic N) is 1. The van der Waals surface area contributed by atoms with Crippen LogP contribution in [0.5, 0.6) is 5.75 Å². The molecule has 1 amide bonds. The number of methoxy groups -OCH3 is 1. The van der Waals surface area contributed by atoms with E-state index in [2.05, 4.69) is 15.9 Å². The number of β-lactam (4-membered cyclic amide) rings is 1. The second kappa shape index (κ2) is 7.26. The number of benzene rings is 3. The van der Waals surface area contributed by atoms with Crippen LogP contribution in [-0.4, -0.2) is 13.0 Å². The lowest BCUT2D eigenvalue weighted by atomic mass is 9.64. The zero-order valence-corrected chi connectivity index (χ0v) is 17.9.